The van der Waals surface area contributed by atoms with E-state index in [2.05, 4.69) is 34.1 Å². The molecule has 3 N–H and O–H groups in total. The van der Waals surface area contributed by atoms with Crippen molar-refractivity contribution in [2.24, 2.45) is 11.8 Å². The van der Waals surface area contributed by atoms with Crippen LogP contribution in [0.5, 0.6) is 0 Å². The van der Waals surface area contributed by atoms with E-state index >= 15 is 0 Å². The minimum absolute atomic E-state index is 0.522. The number of anilines is 2. The number of hydrazine groups is 1. The first-order chi connectivity index (χ1) is 7.72. The van der Waals surface area contributed by atoms with Crippen LogP contribution in [-0.2, 0) is 0 Å². The van der Waals surface area contributed by atoms with E-state index in [0.29, 0.717) is 17.8 Å². The lowest BCUT2D eigenvalue weighted by Gasteiger charge is -2.38. The predicted molar refractivity (Wildman–Crippen MR) is 65.0 cm³/mol. The molecule has 0 amide bonds. The summed E-state index contributed by atoms with van der Waals surface area (Å²) in [6.45, 7) is 5.61. The van der Waals surface area contributed by atoms with Gasteiger partial charge in [-0.25, -0.2) is 15.8 Å². The molecule has 5 heteroatoms. The highest BCUT2D eigenvalue weighted by Gasteiger charge is 2.25. The second kappa shape index (κ2) is 4.65. The summed E-state index contributed by atoms with van der Waals surface area (Å²) in [4.78, 5) is 10.7. The summed E-state index contributed by atoms with van der Waals surface area (Å²) in [5.41, 5.74) is 2.55. The van der Waals surface area contributed by atoms with Crippen LogP contribution in [-0.4, -0.2) is 22.6 Å². The van der Waals surface area contributed by atoms with Gasteiger partial charge >= 0.3 is 0 Å². The first-order valence-electron chi connectivity index (χ1n) is 5.77. The van der Waals surface area contributed by atoms with Gasteiger partial charge < -0.3 is 10.3 Å². The molecule has 1 aliphatic heterocycles. The van der Waals surface area contributed by atoms with E-state index in [4.69, 9.17) is 5.84 Å². The fourth-order valence-electron chi connectivity index (χ4n) is 2.24. The lowest BCUT2D eigenvalue weighted by molar-refractivity contribution is 0.361. The van der Waals surface area contributed by atoms with Gasteiger partial charge in [0.1, 0.15) is 18.0 Å². The molecule has 0 bridgehead atoms. The number of piperidine rings is 1. The Labute approximate surface area is 96.0 Å². The van der Waals surface area contributed by atoms with E-state index in [1.807, 2.05) is 6.07 Å². The van der Waals surface area contributed by atoms with E-state index in [1.165, 1.54) is 12.8 Å². The normalized spacial score (nSPS) is 25.6. The molecule has 16 heavy (non-hydrogen) atoms. The van der Waals surface area contributed by atoms with Crippen molar-refractivity contribution in [3.05, 3.63) is 12.4 Å². The van der Waals surface area contributed by atoms with Crippen LogP contribution in [0.25, 0.3) is 0 Å². The molecule has 1 aromatic rings. The number of nitrogens with zero attached hydrogens (tertiary/aromatic N) is 3. The molecule has 2 heterocycles. The molecule has 0 aromatic carbocycles. The summed E-state index contributed by atoms with van der Waals surface area (Å²) in [6, 6.07) is 2.42. The average Bonchev–Trinajstić information content (AvgIpc) is 2.33. The van der Waals surface area contributed by atoms with Crippen LogP contribution in [0.15, 0.2) is 12.4 Å². The zero-order chi connectivity index (χ0) is 11.5. The van der Waals surface area contributed by atoms with Crippen molar-refractivity contribution in [3.63, 3.8) is 0 Å². The Kier molecular flexibility index (Phi) is 3.24. The molecule has 5 nitrogen and oxygen atoms in total. The van der Waals surface area contributed by atoms with Crippen LogP contribution in [0, 0.1) is 5.92 Å². The number of nitrogens with one attached hydrogen (secondary N) is 1. The second-order valence-corrected chi connectivity index (χ2v) is 4.46. The smallest absolute Gasteiger partial charge is 0.145 e. The van der Waals surface area contributed by atoms with Crippen LogP contribution < -0.4 is 16.2 Å². The summed E-state index contributed by atoms with van der Waals surface area (Å²) < 4.78 is 0. The maximum absolute atomic E-state index is 5.35. The highest BCUT2D eigenvalue weighted by molar-refractivity contribution is 5.48. The molecular weight excluding hydrogens is 202 g/mol. The number of hydrogen-bond donors (Lipinski definition) is 2. The third-order valence-corrected chi connectivity index (χ3v) is 3.47. The first kappa shape index (κ1) is 11.1. The quantitative estimate of drug-likeness (QED) is 0.583. The lowest BCUT2D eigenvalue weighted by Crippen LogP contribution is -2.43. The molecule has 1 aromatic heterocycles. The SMILES string of the molecule is CC1CCCN(c2cc(NN)ncn2)C1C. The van der Waals surface area contributed by atoms with Gasteiger partial charge in [-0.05, 0) is 25.7 Å². The standard InChI is InChI=1S/C11H19N5/c1-8-4-3-5-16(9(8)2)11-6-10(15-12)13-7-14-11/h6-9H,3-5,12H2,1-2H3,(H,13,14,15). The average molecular weight is 221 g/mol. The third kappa shape index (κ3) is 2.09. The number of hydrogen-bond acceptors (Lipinski definition) is 5. The molecule has 88 valence electrons. The number of aromatic nitrogens is 2. The van der Waals surface area contributed by atoms with E-state index < -0.39 is 0 Å². The van der Waals surface area contributed by atoms with Crippen molar-refractivity contribution < 1.29 is 0 Å². The Morgan fingerprint density at radius 2 is 2.25 bits per heavy atom. The monoisotopic (exact) mass is 221 g/mol. The Hall–Kier alpha value is -1.36. The van der Waals surface area contributed by atoms with Gasteiger partial charge in [0.25, 0.3) is 0 Å². The van der Waals surface area contributed by atoms with Crippen LogP contribution in [0.4, 0.5) is 11.6 Å². The molecule has 0 spiro atoms. The largest absolute Gasteiger partial charge is 0.353 e. The van der Waals surface area contributed by atoms with Gasteiger partial charge in [0, 0.05) is 18.7 Å². The van der Waals surface area contributed by atoms with Gasteiger partial charge in [0.2, 0.25) is 0 Å². The van der Waals surface area contributed by atoms with Gasteiger partial charge in [-0.15, -0.1) is 0 Å². The second-order valence-electron chi connectivity index (χ2n) is 4.46. The van der Waals surface area contributed by atoms with Crippen LogP contribution in [0.2, 0.25) is 0 Å². The van der Waals surface area contributed by atoms with Crippen LogP contribution >= 0.6 is 0 Å². The molecule has 2 unspecified atom stereocenters. The zero-order valence-corrected chi connectivity index (χ0v) is 9.85. The van der Waals surface area contributed by atoms with Crippen molar-refractivity contribution in [3.8, 4) is 0 Å². The Morgan fingerprint density at radius 3 is 3.00 bits per heavy atom. The molecule has 0 radical (unpaired) electrons. The predicted octanol–water partition coefficient (Wildman–Crippen LogP) is 1.39. The van der Waals surface area contributed by atoms with Crippen molar-refractivity contribution in [2.75, 3.05) is 16.9 Å². The number of nitrogen functional groups attached to an aromatic ring is 1. The molecule has 2 rings (SSSR count). The third-order valence-electron chi connectivity index (χ3n) is 3.47. The fraction of sp³-hybridized carbons (Fsp3) is 0.636. The maximum atomic E-state index is 5.35. The van der Waals surface area contributed by atoms with Gasteiger partial charge in [-0.3, -0.25) is 0 Å². The van der Waals surface area contributed by atoms with Crippen molar-refractivity contribution in [2.45, 2.75) is 32.7 Å². The summed E-state index contributed by atoms with van der Waals surface area (Å²) in [6.07, 6.45) is 4.07. The Balaban J connectivity index is 2.21. The molecular formula is C11H19N5. The van der Waals surface area contributed by atoms with Crippen LogP contribution in [0.3, 0.4) is 0 Å². The fourth-order valence-corrected chi connectivity index (χ4v) is 2.24. The zero-order valence-electron chi connectivity index (χ0n) is 9.85. The van der Waals surface area contributed by atoms with Gasteiger partial charge in [0.15, 0.2) is 0 Å². The first-order valence-corrected chi connectivity index (χ1v) is 5.77. The van der Waals surface area contributed by atoms with Gasteiger partial charge in [-0.1, -0.05) is 6.92 Å². The van der Waals surface area contributed by atoms with E-state index in [-0.39, 0.29) is 0 Å². The minimum Gasteiger partial charge on any atom is -0.353 e. The topological polar surface area (TPSA) is 67.1 Å². The van der Waals surface area contributed by atoms with Crippen molar-refractivity contribution >= 4 is 11.6 Å². The van der Waals surface area contributed by atoms with Crippen molar-refractivity contribution in [1.82, 2.24) is 9.97 Å². The highest BCUT2D eigenvalue weighted by Crippen LogP contribution is 2.27. The van der Waals surface area contributed by atoms with Crippen molar-refractivity contribution in [1.29, 1.82) is 0 Å². The van der Waals surface area contributed by atoms with Gasteiger partial charge in [0.05, 0.1) is 0 Å². The molecule has 1 aliphatic rings. The Morgan fingerprint density at radius 1 is 1.44 bits per heavy atom. The number of rotatable bonds is 2. The summed E-state index contributed by atoms with van der Waals surface area (Å²) in [5.74, 6) is 7.68. The van der Waals surface area contributed by atoms with Gasteiger partial charge in [-0.2, -0.15) is 0 Å². The van der Waals surface area contributed by atoms with E-state index in [9.17, 15) is 0 Å². The highest BCUT2D eigenvalue weighted by atomic mass is 15.3. The van der Waals surface area contributed by atoms with Crippen LogP contribution in [0.1, 0.15) is 26.7 Å². The van der Waals surface area contributed by atoms with E-state index in [1.54, 1.807) is 6.33 Å². The molecule has 0 aliphatic carbocycles. The molecule has 1 fully saturated rings. The Bertz CT molecular complexity index is 354. The summed E-state index contributed by atoms with van der Waals surface area (Å²) in [5, 5.41) is 0. The lowest BCUT2D eigenvalue weighted by atomic mass is 9.92. The number of nitrogens with two attached hydrogens (primary N) is 1. The molecule has 0 saturated carbocycles. The molecule has 2 atom stereocenters. The molecule has 1 saturated heterocycles. The maximum Gasteiger partial charge on any atom is 0.145 e. The minimum atomic E-state index is 0.522. The summed E-state index contributed by atoms with van der Waals surface area (Å²) >= 11 is 0. The summed E-state index contributed by atoms with van der Waals surface area (Å²) in [7, 11) is 0. The van der Waals surface area contributed by atoms with E-state index in [0.717, 1.165) is 12.4 Å².